The van der Waals surface area contributed by atoms with Crippen molar-refractivity contribution in [3.63, 3.8) is 0 Å². The lowest BCUT2D eigenvalue weighted by atomic mass is 9.90. The second-order valence-electron chi connectivity index (χ2n) is 4.49. The summed E-state index contributed by atoms with van der Waals surface area (Å²) in [5.74, 6) is 1.01. The Bertz CT molecular complexity index is 380. The van der Waals surface area contributed by atoms with Gasteiger partial charge >= 0.3 is 0 Å². The lowest BCUT2D eigenvalue weighted by molar-refractivity contribution is 0.448. The van der Waals surface area contributed by atoms with E-state index in [0.717, 1.165) is 29.2 Å². The van der Waals surface area contributed by atoms with Gasteiger partial charge in [0.15, 0.2) is 0 Å². The van der Waals surface area contributed by atoms with Gasteiger partial charge in [0, 0.05) is 10.6 Å². The highest BCUT2D eigenvalue weighted by Gasteiger charge is 2.15. The molecule has 0 saturated heterocycles. The number of nitrogens with two attached hydrogens (primary N) is 1. The molecule has 0 bridgehead atoms. The molecule has 0 saturated carbocycles. The Labute approximate surface area is 102 Å². The molecule has 86 valence electrons. The van der Waals surface area contributed by atoms with Crippen LogP contribution in [-0.2, 0) is 0 Å². The van der Waals surface area contributed by atoms with Crippen molar-refractivity contribution < 1.29 is 0 Å². The van der Waals surface area contributed by atoms with E-state index < -0.39 is 0 Å². The van der Waals surface area contributed by atoms with Crippen LogP contribution in [0.15, 0.2) is 29.2 Å². The minimum Gasteiger partial charge on any atom is -0.398 e. The fourth-order valence-electron chi connectivity index (χ4n) is 1.36. The van der Waals surface area contributed by atoms with Gasteiger partial charge in [-0.15, -0.1) is 11.8 Å². The maximum Gasteiger partial charge on any atom is 0.0683 e. The van der Waals surface area contributed by atoms with Gasteiger partial charge in [-0.2, -0.15) is 5.26 Å². The average molecular weight is 234 g/mol. The third kappa shape index (κ3) is 4.16. The summed E-state index contributed by atoms with van der Waals surface area (Å²) in [6.07, 6.45) is 1.97. The molecular weight excluding hydrogens is 216 g/mol. The topological polar surface area (TPSA) is 49.8 Å². The van der Waals surface area contributed by atoms with Gasteiger partial charge in [0.1, 0.15) is 0 Å². The van der Waals surface area contributed by atoms with Crippen molar-refractivity contribution in [3.05, 3.63) is 24.3 Å². The van der Waals surface area contributed by atoms with Crippen molar-refractivity contribution in [2.75, 3.05) is 11.5 Å². The molecule has 1 aromatic rings. The van der Waals surface area contributed by atoms with E-state index in [1.54, 1.807) is 11.8 Å². The minimum atomic E-state index is -0.206. The van der Waals surface area contributed by atoms with Gasteiger partial charge < -0.3 is 5.73 Å². The highest BCUT2D eigenvalue weighted by Crippen LogP contribution is 2.27. The van der Waals surface area contributed by atoms with Crippen LogP contribution in [0.1, 0.15) is 26.7 Å². The summed E-state index contributed by atoms with van der Waals surface area (Å²) in [5, 5.41) is 8.88. The summed E-state index contributed by atoms with van der Waals surface area (Å²) in [6, 6.07) is 10.2. The molecule has 16 heavy (non-hydrogen) atoms. The van der Waals surface area contributed by atoms with Gasteiger partial charge in [0.25, 0.3) is 0 Å². The number of nitrogen functional groups attached to an aromatic ring is 1. The van der Waals surface area contributed by atoms with Crippen LogP contribution in [0.25, 0.3) is 0 Å². The van der Waals surface area contributed by atoms with E-state index in [1.807, 2.05) is 38.1 Å². The molecule has 0 spiro atoms. The standard InChI is InChI=1S/C13H18N2S/c1-13(2,10-14)8-5-9-16-12-7-4-3-6-11(12)15/h3-4,6-7H,5,8-9,15H2,1-2H3. The van der Waals surface area contributed by atoms with Gasteiger partial charge in [-0.25, -0.2) is 0 Å². The number of nitrogens with zero attached hydrogens (tertiary/aromatic N) is 1. The van der Waals surface area contributed by atoms with Crippen LogP contribution in [0, 0.1) is 16.7 Å². The summed E-state index contributed by atoms with van der Waals surface area (Å²) >= 11 is 1.76. The van der Waals surface area contributed by atoms with Crippen LogP contribution in [0.5, 0.6) is 0 Å². The smallest absolute Gasteiger partial charge is 0.0683 e. The summed E-state index contributed by atoms with van der Waals surface area (Å²) in [7, 11) is 0. The number of hydrogen-bond donors (Lipinski definition) is 1. The SMILES string of the molecule is CC(C)(C#N)CCCSc1ccccc1N. The molecule has 0 heterocycles. The molecule has 0 aromatic heterocycles. The van der Waals surface area contributed by atoms with Gasteiger partial charge in [-0.1, -0.05) is 12.1 Å². The average Bonchev–Trinajstić information content (AvgIpc) is 2.27. The van der Waals surface area contributed by atoms with Gasteiger partial charge in [-0.05, 0) is 44.6 Å². The van der Waals surface area contributed by atoms with Gasteiger partial charge in [-0.3, -0.25) is 0 Å². The highest BCUT2D eigenvalue weighted by atomic mass is 32.2. The van der Waals surface area contributed by atoms with Crippen molar-refractivity contribution in [3.8, 4) is 6.07 Å². The maximum atomic E-state index is 8.88. The zero-order valence-electron chi connectivity index (χ0n) is 9.86. The largest absolute Gasteiger partial charge is 0.398 e. The Balaban J connectivity index is 2.33. The molecule has 3 heteroatoms. The molecule has 1 rings (SSSR count). The monoisotopic (exact) mass is 234 g/mol. The zero-order chi connectivity index (χ0) is 12.0. The Kier molecular flexibility index (Phi) is 4.70. The first-order chi connectivity index (χ1) is 7.55. The molecule has 0 atom stereocenters. The number of thioether (sulfide) groups is 1. The van der Waals surface area contributed by atoms with Crippen molar-refractivity contribution in [2.45, 2.75) is 31.6 Å². The quantitative estimate of drug-likeness (QED) is 0.480. The lowest BCUT2D eigenvalue weighted by Crippen LogP contribution is -2.07. The van der Waals surface area contributed by atoms with Crippen LogP contribution in [0.2, 0.25) is 0 Å². The van der Waals surface area contributed by atoms with Crippen LogP contribution >= 0.6 is 11.8 Å². The molecule has 2 N–H and O–H groups in total. The number of anilines is 1. The van der Waals surface area contributed by atoms with Crippen LogP contribution in [0.3, 0.4) is 0 Å². The first-order valence-electron chi connectivity index (χ1n) is 5.44. The van der Waals surface area contributed by atoms with E-state index in [1.165, 1.54) is 0 Å². The number of nitriles is 1. The van der Waals surface area contributed by atoms with E-state index >= 15 is 0 Å². The Hall–Kier alpha value is -1.14. The van der Waals surface area contributed by atoms with Crippen molar-refractivity contribution in [1.82, 2.24) is 0 Å². The Morgan fingerprint density at radius 1 is 1.38 bits per heavy atom. The number of hydrogen-bond acceptors (Lipinski definition) is 3. The van der Waals surface area contributed by atoms with Crippen molar-refractivity contribution >= 4 is 17.4 Å². The van der Waals surface area contributed by atoms with E-state index in [-0.39, 0.29) is 5.41 Å². The molecule has 0 fully saturated rings. The molecule has 1 aromatic carbocycles. The van der Waals surface area contributed by atoms with Crippen LogP contribution < -0.4 is 5.73 Å². The number of para-hydroxylation sites is 1. The Morgan fingerprint density at radius 2 is 2.06 bits per heavy atom. The molecule has 2 nitrogen and oxygen atoms in total. The third-order valence-electron chi connectivity index (χ3n) is 2.43. The summed E-state index contributed by atoms with van der Waals surface area (Å²) in [4.78, 5) is 1.14. The first kappa shape index (κ1) is 12.9. The van der Waals surface area contributed by atoms with Crippen molar-refractivity contribution in [2.24, 2.45) is 5.41 Å². The maximum absolute atomic E-state index is 8.88. The van der Waals surface area contributed by atoms with E-state index in [0.29, 0.717) is 0 Å². The minimum absolute atomic E-state index is 0.206. The second-order valence-corrected chi connectivity index (χ2v) is 5.62. The summed E-state index contributed by atoms with van der Waals surface area (Å²) in [6.45, 7) is 3.96. The first-order valence-corrected chi connectivity index (χ1v) is 6.42. The summed E-state index contributed by atoms with van der Waals surface area (Å²) in [5.41, 5.74) is 6.48. The molecule has 0 aliphatic rings. The molecule has 0 unspecified atom stereocenters. The van der Waals surface area contributed by atoms with Crippen molar-refractivity contribution in [1.29, 1.82) is 5.26 Å². The second kappa shape index (κ2) is 5.81. The normalized spacial score (nSPS) is 11.1. The van der Waals surface area contributed by atoms with Crippen LogP contribution in [0.4, 0.5) is 5.69 Å². The summed E-state index contributed by atoms with van der Waals surface area (Å²) < 4.78 is 0. The number of benzene rings is 1. The molecule has 0 aliphatic heterocycles. The molecule has 0 amide bonds. The Morgan fingerprint density at radius 3 is 2.69 bits per heavy atom. The number of rotatable bonds is 5. The van der Waals surface area contributed by atoms with E-state index in [9.17, 15) is 0 Å². The highest BCUT2D eigenvalue weighted by molar-refractivity contribution is 7.99. The predicted octanol–water partition coefficient (Wildman–Crippen LogP) is 3.69. The van der Waals surface area contributed by atoms with E-state index in [2.05, 4.69) is 6.07 Å². The fraction of sp³-hybridized carbons (Fsp3) is 0.462. The van der Waals surface area contributed by atoms with Gasteiger partial charge in [0.05, 0.1) is 11.5 Å². The zero-order valence-corrected chi connectivity index (χ0v) is 10.7. The van der Waals surface area contributed by atoms with E-state index in [4.69, 9.17) is 11.0 Å². The third-order valence-corrected chi connectivity index (χ3v) is 3.60. The predicted molar refractivity (Wildman–Crippen MR) is 70.2 cm³/mol. The van der Waals surface area contributed by atoms with Crippen LogP contribution in [-0.4, -0.2) is 5.75 Å². The molecular formula is C13H18N2S. The lowest BCUT2D eigenvalue weighted by Gasteiger charge is -2.14. The molecule has 0 aliphatic carbocycles. The molecule has 0 radical (unpaired) electrons. The fourth-order valence-corrected chi connectivity index (χ4v) is 2.28. The van der Waals surface area contributed by atoms with Gasteiger partial charge in [0.2, 0.25) is 0 Å².